The molecule has 0 radical (unpaired) electrons. The first-order valence-electron chi connectivity index (χ1n) is 12.8. The van der Waals surface area contributed by atoms with Gasteiger partial charge < -0.3 is 15.5 Å². The number of benzene rings is 2. The van der Waals surface area contributed by atoms with E-state index in [4.69, 9.17) is 4.98 Å². The molecule has 1 saturated heterocycles. The topological polar surface area (TPSA) is 70.9 Å². The van der Waals surface area contributed by atoms with E-state index >= 15 is 0 Å². The van der Waals surface area contributed by atoms with Crippen LogP contribution in [0.5, 0.6) is 0 Å². The average Bonchev–Trinajstić information content (AvgIpc) is 3.30. The Morgan fingerprint density at radius 3 is 2.42 bits per heavy atom. The molecule has 0 unspecified atom stereocenters. The summed E-state index contributed by atoms with van der Waals surface area (Å²) in [4.78, 5) is 12.1. The average molecular weight is 482 g/mol. The maximum absolute atomic E-state index is 4.92. The molecule has 36 heavy (non-hydrogen) atoms. The summed E-state index contributed by atoms with van der Waals surface area (Å²) in [5, 5.41) is 11.5. The van der Waals surface area contributed by atoms with Crippen molar-refractivity contribution < 1.29 is 0 Å². The van der Waals surface area contributed by atoms with Crippen LogP contribution in [-0.4, -0.2) is 50.3 Å². The van der Waals surface area contributed by atoms with Gasteiger partial charge in [0, 0.05) is 61.9 Å². The Bertz CT molecular complexity index is 1270. The van der Waals surface area contributed by atoms with Gasteiger partial charge in [0.25, 0.3) is 0 Å². The summed E-state index contributed by atoms with van der Waals surface area (Å²) in [7, 11) is 1.93. The summed E-state index contributed by atoms with van der Waals surface area (Å²) >= 11 is 0. The van der Waals surface area contributed by atoms with Gasteiger partial charge in [-0.15, -0.1) is 0 Å². The first kappa shape index (κ1) is 24.0. The minimum Gasteiger partial charge on any atom is -0.367 e. The molecule has 0 bridgehead atoms. The van der Waals surface area contributed by atoms with Gasteiger partial charge in [0.05, 0.1) is 6.20 Å². The predicted molar refractivity (Wildman–Crippen MR) is 147 cm³/mol. The Kier molecular flexibility index (Phi) is 7.28. The molecule has 2 aromatic heterocycles. The van der Waals surface area contributed by atoms with Gasteiger partial charge in [-0.1, -0.05) is 36.4 Å². The molecule has 3 heterocycles. The Hall–Kier alpha value is -3.71. The van der Waals surface area contributed by atoms with Gasteiger partial charge in [0.2, 0.25) is 5.95 Å². The van der Waals surface area contributed by atoms with Crippen LogP contribution in [-0.2, 0) is 13.5 Å². The van der Waals surface area contributed by atoms with E-state index in [1.165, 1.54) is 16.7 Å². The molecule has 0 spiro atoms. The first-order chi connectivity index (χ1) is 17.5. The number of aromatic nitrogens is 4. The van der Waals surface area contributed by atoms with Crippen molar-refractivity contribution in [1.29, 1.82) is 0 Å². The number of anilines is 3. The fraction of sp³-hybridized carbons (Fsp3) is 0.345. The molecule has 1 fully saturated rings. The van der Waals surface area contributed by atoms with E-state index in [0.717, 1.165) is 61.5 Å². The van der Waals surface area contributed by atoms with Gasteiger partial charge in [-0.25, -0.2) is 4.98 Å². The molecule has 0 atom stereocenters. The summed E-state index contributed by atoms with van der Waals surface area (Å²) in [6, 6.07) is 17.5. The molecule has 0 aliphatic carbocycles. The molecule has 4 aromatic rings. The summed E-state index contributed by atoms with van der Waals surface area (Å²) in [5.41, 5.74) is 6.81. The highest BCUT2D eigenvalue weighted by molar-refractivity contribution is 5.75. The van der Waals surface area contributed by atoms with Crippen LogP contribution in [0.2, 0.25) is 0 Å². The lowest BCUT2D eigenvalue weighted by molar-refractivity contribution is 0.221. The number of nitrogens with zero attached hydrogens (tertiary/aromatic N) is 5. The zero-order valence-electron chi connectivity index (χ0n) is 21.4. The molecule has 5 rings (SSSR count). The highest BCUT2D eigenvalue weighted by atomic mass is 15.2. The Morgan fingerprint density at radius 1 is 0.972 bits per heavy atom. The van der Waals surface area contributed by atoms with E-state index in [1.54, 1.807) is 0 Å². The van der Waals surface area contributed by atoms with Crippen molar-refractivity contribution in [3.05, 3.63) is 83.8 Å². The van der Waals surface area contributed by atoms with E-state index in [0.29, 0.717) is 12.0 Å². The maximum atomic E-state index is 4.92. The number of rotatable bonds is 8. The fourth-order valence-corrected chi connectivity index (χ4v) is 4.93. The minimum absolute atomic E-state index is 0.373. The van der Waals surface area contributed by atoms with E-state index in [2.05, 4.69) is 88.0 Å². The third-order valence-electron chi connectivity index (χ3n) is 6.77. The van der Waals surface area contributed by atoms with Gasteiger partial charge in [-0.2, -0.15) is 10.1 Å². The molecule has 2 N–H and O–H groups in total. The number of likely N-dealkylation sites (tertiary alicyclic amines) is 1. The Labute approximate surface area is 213 Å². The van der Waals surface area contributed by atoms with E-state index in [-0.39, 0.29) is 0 Å². The summed E-state index contributed by atoms with van der Waals surface area (Å²) in [6.45, 7) is 7.49. The molecule has 1 aliphatic heterocycles. The smallest absolute Gasteiger partial charge is 0.229 e. The standard InChI is InChI=1S/C29H35N7/c1-21-15-22(2)17-26(16-21)33-29-30-19-27(24-18-31-35(3)20-24)28(34-29)32-25-10-13-36(14-11-25)12-9-23-7-5-4-6-8-23/h4-8,15-20,25H,9-14H2,1-3H3,(H2,30,32,33,34). The van der Waals surface area contributed by atoms with Crippen molar-refractivity contribution in [2.75, 3.05) is 30.3 Å². The van der Waals surface area contributed by atoms with Gasteiger partial charge >= 0.3 is 0 Å². The third kappa shape index (κ3) is 6.10. The molecule has 2 aromatic carbocycles. The second kappa shape index (κ2) is 10.9. The fourth-order valence-electron chi connectivity index (χ4n) is 4.93. The van der Waals surface area contributed by atoms with Crippen LogP contribution >= 0.6 is 0 Å². The summed E-state index contributed by atoms with van der Waals surface area (Å²) < 4.78 is 1.81. The third-order valence-corrected chi connectivity index (χ3v) is 6.77. The predicted octanol–water partition coefficient (Wildman–Crippen LogP) is 5.36. The molecule has 0 amide bonds. The van der Waals surface area contributed by atoms with Crippen molar-refractivity contribution in [3.8, 4) is 11.1 Å². The van der Waals surface area contributed by atoms with Crippen LogP contribution in [0, 0.1) is 13.8 Å². The molecule has 1 aliphatic rings. The zero-order valence-corrected chi connectivity index (χ0v) is 21.4. The number of aryl methyl sites for hydroxylation is 3. The number of nitrogens with one attached hydrogen (secondary N) is 2. The molecule has 7 nitrogen and oxygen atoms in total. The van der Waals surface area contributed by atoms with Crippen molar-refractivity contribution in [1.82, 2.24) is 24.6 Å². The van der Waals surface area contributed by atoms with E-state index in [9.17, 15) is 0 Å². The number of hydrogen-bond acceptors (Lipinski definition) is 6. The highest BCUT2D eigenvalue weighted by Crippen LogP contribution is 2.29. The lowest BCUT2D eigenvalue weighted by Crippen LogP contribution is -2.40. The second-order valence-corrected chi connectivity index (χ2v) is 9.86. The lowest BCUT2D eigenvalue weighted by atomic mass is 10.0. The number of piperidine rings is 1. The van der Waals surface area contributed by atoms with E-state index < -0.39 is 0 Å². The normalized spacial score (nSPS) is 14.6. The van der Waals surface area contributed by atoms with Crippen molar-refractivity contribution in [2.24, 2.45) is 7.05 Å². The Morgan fingerprint density at radius 2 is 1.72 bits per heavy atom. The van der Waals surface area contributed by atoms with Crippen molar-refractivity contribution >= 4 is 17.5 Å². The lowest BCUT2D eigenvalue weighted by Gasteiger charge is -2.33. The summed E-state index contributed by atoms with van der Waals surface area (Å²) in [5.74, 6) is 1.45. The van der Waals surface area contributed by atoms with Crippen molar-refractivity contribution in [2.45, 2.75) is 39.2 Å². The van der Waals surface area contributed by atoms with Gasteiger partial charge in [0.1, 0.15) is 5.82 Å². The quantitative estimate of drug-likeness (QED) is 0.353. The zero-order chi connectivity index (χ0) is 24.9. The molecule has 7 heteroatoms. The van der Waals surface area contributed by atoms with Crippen LogP contribution in [0.1, 0.15) is 29.5 Å². The molecular formula is C29H35N7. The Balaban J connectivity index is 1.28. The van der Waals surface area contributed by atoms with Gasteiger partial charge in [0.15, 0.2) is 0 Å². The first-order valence-corrected chi connectivity index (χ1v) is 12.8. The van der Waals surface area contributed by atoms with Crippen molar-refractivity contribution in [3.63, 3.8) is 0 Å². The summed E-state index contributed by atoms with van der Waals surface area (Å²) in [6.07, 6.45) is 9.05. The van der Waals surface area contributed by atoms with Crippen LogP contribution in [0.4, 0.5) is 17.5 Å². The number of hydrogen-bond donors (Lipinski definition) is 2. The maximum Gasteiger partial charge on any atom is 0.229 e. The minimum atomic E-state index is 0.373. The van der Waals surface area contributed by atoms with Crippen LogP contribution in [0.25, 0.3) is 11.1 Å². The monoisotopic (exact) mass is 481 g/mol. The van der Waals surface area contributed by atoms with E-state index in [1.807, 2.05) is 30.3 Å². The van der Waals surface area contributed by atoms with Crippen LogP contribution in [0.15, 0.2) is 67.1 Å². The molecule has 0 saturated carbocycles. The molecule has 186 valence electrons. The highest BCUT2D eigenvalue weighted by Gasteiger charge is 2.21. The second-order valence-electron chi connectivity index (χ2n) is 9.86. The SMILES string of the molecule is Cc1cc(C)cc(Nc2ncc(-c3cnn(C)c3)c(NC3CCN(CCc4ccccc4)CC3)n2)c1. The van der Waals surface area contributed by atoms with Gasteiger partial charge in [-0.3, -0.25) is 4.68 Å². The van der Waals surface area contributed by atoms with Crippen LogP contribution < -0.4 is 10.6 Å². The largest absolute Gasteiger partial charge is 0.367 e. The van der Waals surface area contributed by atoms with Gasteiger partial charge in [-0.05, 0) is 61.9 Å². The molecular weight excluding hydrogens is 446 g/mol. The van der Waals surface area contributed by atoms with Crippen LogP contribution in [0.3, 0.4) is 0 Å².